The molecule has 0 radical (unpaired) electrons. The SMILES string of the molecule is Cc1ccc(S(=O)(=O)NC2CCC(Oc3cnccn3)CC2)c(C)c1. The van der Waals surface area contributed by atoms with Gasteiger partial charge in [0.25, 0.3) is 0 Å². The Kier molecular flexibility index (Phi) is 5.34. The third-order valence-corrected chi connectivity index (χ3v) is 6.12. The molecule has 134 valence electrons. The predicted octanol–water partition coefficient (Wildman–Crippen LogP) is 2.76. The number of rotatable bonds is 5. The molecule has 0 aliphatic heterocycles. The van der Waals surface area contributed by atoms with Gasteiger partial charge in [0, 0.05) is 18.4 Å². The van der Waals surface area contributed by atoms with Crippen LogP contribution >= 0.6 is 0 Å². The summed E-state index contributed by atoms with van der Waals surface area (Å²) in [4.78, 5) is 8.45. The molecule has 1 saturated carbocycles. The van der Waals surface area contributed by atoms with Crippen molar-refractivity contribution in [3.8, 4) is 5.88 Å². The van der Waals surface area contributed by atoms with Gasteiger partial charge in [0.05, 0.1) is 11.1 Å². The van der Waals surface area contributed by atoms with Crippen LogP contribution in [-0.4, -0.2) is 30.5 Å². The first-order chi connectivity index (χ1) is 11.9. The largest absolute Gasteiger partial charge is 0.473 e. The highest BCUT2D eigenvalue weighted by atomic mass is 32.2. The summed E-state index contributed by atoms with van der Waals surface area (Å²) in [6, 6.07) is 5.33. The standard InChI is InChI=1S/C18H23N3O3S/c1-13-3-8-17(14(2)11-13)25(22,23)21-15-4-6-16(7-5-15)24-18-12-19-9-10-20-18/h3,8-12,15-16,21H,4-7H2,1-2H3. The Morgan fingerprint density at radius 3 is 2.52 bits per heavy atom. The van der Waals surface area contributed by atoms with Crippen molar-refractivity contribution in [2.75, 3.05) is 0 Å². The molecule has 25 heavy (non-hydrogen) atoms. The summed E-state index contributed by atoms with van der Waals surface area (Å²) in [5, 5.41) is 0. The molecule has 1 aliphatic carbocycles. The number of ether oxygens (including phenoxy) is 1. The van der Waals surface area contributed by atoms with Crippen LogP contribution in [0.2, 0.25) is 0 Å². The lowest BCUT2D eigenvalue weighted by atomic mass is 9.94. The molecule has 7 heteroatoms. The molecule has 0 spiro atoms. The van der Waals surface area contributed by atoms with Crippen molar-refractivity contribution in [3.05, 3.63) is 47.9 Å². The van der Waals surface area contributed by atoms with Gasteiger partial charge in [0.15, 0.2) is 0 Å². The number of hydrogen-bond acceptors (Lipinski definition) is 5. The fraction of sp³-hybridized carbons (Fsp3) is 0.444. The third-order valence-electron chi connectivity index (χ3n) is 4.44. The van der Waals surface area contributed by atoms with Crippen LogP contribution in [0.5, 0.6) is 5.88 Å². The average Bonchev–Trinajstić information content (AvgIpc) is 2.57. The molecule has 1 aliphatic rings. The second-order valence-corrected chi connectivity index (χ2v) is 8.21. The maximum atomic E-state index is 12.6. The molecule has 0 saturated heterocycles. The quantitative estimate of drug-likeness (QED) is 0.886. The highest BCUT2D eigenvalue weighted by Crippen LogP contribution is 2.24. The number of aromatic nitrogens is 2. The van der Waals surface area contributed by atoms with E-state index in [0.29, 0.717) is 10.8 Å². The van der Waals surface area contributed by atoms with Crippen LogP contribution in [-0.2, 0) is 10.0 Å². The lowest BCUT2D eigenvalue weighted by Crippen LogP contribution is -2.39. The van der Waals surface area contributed by atoms with E-state index in [-0.39, 0.29) is 12.1 Å². The number of hydrogen-bond donors (Lipinski definition) is 1. The van der Waals surface area contributed by atoms with Crippen LogP contribution in [0.4, 0.5) is 0 Å². The fourth-order valence-corrected chi connectivity index (χ4v) is 4.73. The van der Waals surface area contributed by atoms with Crippen LogP contribution < -0.4 is 9.46 Å². The Morgan fingerprint density at radius 2 is 1.88 bits per heavy atom. The van der Waals surface area contributed by atoms with Crippen LogP contribution in [0, 0.1) is 13.8 Å². The Balaban J connectivity index is 1.58. The minimum absolute atomic E-state index is 0.0542. The lowest BCUT2D eigenvalue weighted by molar-refractivity contribution is 0.138. The maximum absolute atomic E-state index is 12.6. The van der Waals surface area contributed by atoms with E-state index in [0.717, 1.165) is 36.8 Å². The van der Waals surface area contributed by atoms with Gasteiger partial charge in [0.1, 0.15) is 6.10 Å². The van der Waals surface area contributed by atoms with Gasteiger partial charge >= 0.3 is 0 Å². The summed E-state index contributed by atoms with van der Waals surface area (Å²) in [7, 11) is -3.50. The zero-order valence-electron chi connectivity index (χ0n) is 14.5. The fourth-order valence-electron chi connectivity index (χ4n) is 3.20. The van der Waals surface area contributed by atoms with Gasteiger partial charge in [-0.25, -0.2) is 18.1 Å². The van der Waals surface area contributed by atoms with Crippen molar-refractivity contribution in [1.29, 1.82) is 0 Å². The van der Waals surface area contributed by atoms with Crippen LogP contribution in [0.15, 0.2) is 41.7 Å². The molecule has 1 fully saturated rings. The summed E-state index contributed by atoms with van der Waals surface area (Å²) < 4.78 is 33.9. The Bertz CT molecular complexity index is 817. The molecule has 0 amide bonds. The van der Waals surface area contributed by atoms with Crippen LogP contribution in [0.1, 0.15) is 36.8 Å². The topological polar surface area (TPSA) is 81.2 Å². The molecule has 1 N–H and O–H groups in total. The van der Waals surface area contributed by atoms with Crippen molar-refractivity contribution in [1.82, 2.24) is 14.7 Å². The number of nitrogens with one attached hydrogen (secondary N) is 1. The number of aryl methyl sites for hydroxylation is 2. The molecule has 2 aromatic rings. The van der Waals surface area contributed by atoms with E-state index in [9.17, 15) is 8.42 Å². The monoisotopic (exact) mass is 361 g/mol. The second kappa shape index (κ2) is 7.49. The highest BCUT2D eigenvalue weighted by Gasteiger charge is 2.27. The molecule has 3 rings (SSSR count). The number of sulfonamides is 1. The lowest BCUT2D eigenvalue weighted by Gasteiger charge is -2.29. The first-order valence-corrected chi connectivity index (χ1v) is 9.94. The molecule has 1 aromatic carbocycles. The first-order valence-electron chi connectivity index (χ1n) is 8.46. The summed E-state index contributed by atoms with van der Waals surface area (Å²) in [6.45, 7) is 3.78. The Labute approximate surface area is 148 Å². The predicted molar refractivity (Wildman–Crippen MR) is 94.9 cm³/mol. The van der Waals surface area contributed by atoms with Crippen molar-refractivity contribution in [3.63, 3.8) is 0 Å². The van der Waals surface area contributed by atoms with Gasteiger partial charge < -0.3 is 4.74 Å². The zero-order chi connectivity index (χ0) is 17.9. The van der Waals surface area contributed by atoms with Gasteiger partial charge in [-0.2, -0.15) is 0 Å². The van der Waals surface area contributed by atoms with E-state index < -0.39 is 10.0 Å². The van der Waals surface area contributed by atoms with Crippen LogP contribution in [0.3, 0.4) is 0 Å². The van der Waals surface area contributed by atoms with E-state index in [1.54, 1.807) is 24.7 Å². The normalized spacial score (nSPS) is 21.0. The van der Waals surface area contributed by atoms with E-state index in [1.165, 1.54) is 0 Å². The van der Waals surface area contributed by atoms with E-state index >= 15 is 0 Å². The molecule has 0 bridgehead atoms. The summed E-state index contributed by atoms with van der Waals surface area (Å²) in [5.41, 5.74) is 1.82. The minimum Gasteiger partial charge on any atom is -0.473 e. The van der Waals surface area contributed by atoms with Crippen molar-refractivity contribution < 1.29 is 13.2 Å². The molecule has 1 aromatic heterocycles. The average molecular weight is 361 g/mol. The van der Waals surface area contributed by atoms with Crippen molar-refractivity contribution in [2.45, 2.75) is 56.6 Å². The Hall–Kier alpha value is -1.99. The van der Waals surface area contributed by atoms with Gasteiger partial charge in [-0.3, -0.25) is 4.98 Å². The van der Waals surface area contributed by atoms with Gasteiger partial charge in [0.2, 0.25) is 15.9 Å². The molecule has 1 heterocycles. The third kappa shape index (κ3) is 4.55. The minimum atomic E-state index is -3.50. The van der Waals surface area contributed by atoms with Gasteiger partial charge in [-0.05, 0) is 51.2 Å². The van der Waals surface area contributed by atoms with Crippen LogP contribution in [0.25, 0.3) is 0 Å². The smallest absolute Gasteiger partial charge is 0.241 e. The summed E-state index contributed by atoms with van der Waals surface area (Å²) >= 11 is 0. The molecule has 0 unspecified atom stereocenters. The maximum Gasteiger partial charge on any atom is 0.241 e. The molecule has 0 atom stereocenters. The van der Waals surface area contributed by atoms with Crippen molar-refractivity contribution >= 4 is 10.0 Å². The van der Waals surface area contributed by atoms with Gasteiger partial charge in [-0.15, -0.1) is 0 Å². The van der Waals surface area contributed by atoms with E-state index in [4.69, 9.17) is 4.74 Å². The number of benzene rings is 1. The van der Waals surface area contributed by atoms with E-state index in [1.807, 2.05) is 26.0 Å². The molecule has 6 nitrogen and oxygen atoms in total. The molecular formula is C18H23N3O3S. The zero-order valence-corrected chi connectivity index (χ0v) is 15.3. The molecular weight excluding hydrogens is 338 g/mol. The van der Waals surface area contributed by atoms with Gasteiger partial charge in [-0.1, -0.05) is 17.7 Å². The van der Waals surface area contributed by atoms with Crippen molar-refractivity contribution in [2.24, 2.45) is 0 Å². The Morgan fingerprint density at radius 1 is 1.12 bits per heavy atom. The number of nitrogens with zero attached hydrogens (tertiary/aromatic N) is 2. The summed E-state index contributed by atoms with van der Waals surface area (Å²) in [5.74, 6) is 0.516. The first kappa shape index (κ1) is 17.8. The summed E-state index contributed by atoms with van der Waals surface area (Å²) in [6.07, 6.45) is 7.91. The highest BCUT2D eigenvalue weighted by molar-refractivity contribution is 7.89. The van der Waals surface area contributed by atoms with E-state index in [2.05, 4.69) is 14.7 Å². The second-order valence-electron chi connectivity index (χ2n) is 6.53.